The molecular formula is C23H19BrClF3N6O. The summed E-state index contributed by atoms with van der Waals surface area (Å²) >= 11 is 9.30. The Bertz CT molecular complexity index is 1430. The lowest BCUT2D eigenvalue weighted by molar-refractivity contribution is -0.136. The van der Waals surface area contributed by atoms with Crippen LogP contribution in [0, 0.1) is 6.92 Å². The summed E-state index contributed by atoms with van der Waals surface area (Å²) in [6.07, 6.45) is -1.23. The largest absolute Gasteiger partial charge is 0.417 e. The second kappa shape index (κ2) is 8.94. The molecule has 0 spiro atoms. The maximum atomic E-state index is 13.8. The van der Waals surface area contributed by atoms with Crippen molar-refractivity contribution in [2.45, 2.75) is 44.9 Å². The Labute approximate surface area is 211 Å². The molecule has 0 aliphatic heterocycles. The number of amides is 1. The number of alkyl halides is 3. The number of carbonyl (C=O) groups excluding carboxylic acids is 1. The number of benzene rings is 1. The van der Waals surface area contributed by atoms with Crippen molar-refractivity contribution in [1.29, 1.82) is 0 Å². The van der Waals surface area contributed by atoms with Crippen molar-refractivity contribution in [2.75, 3.05) is 5.32 Å². The average molecular weight is 568 g/mol. The molecule has 1 N–H and O–H groups in total. The molecule has 0 radical (unpaired) electrons. The minimum Gasteiger partial charge on any atom is -0.307 e. The van der Waals surface area contributed by atoms with Gasteiger partial charge in [0.25, 0.3) is 0 Å². The van der Waals surface area contributed by atoms with Crippen molar-refractivity contribution < 1.29 is 18.0 Å². The SMILES string of the molecule is Cc1nn(CC(=O)Nc2nn(Cc3ccc(Cl)cc3)cc2Br)c2nc(C3CC3)cc(C(F)(F)F)c12. The highest BCUT2D eigenvalue weighted by Gasteiger charge is 2.37. The Hall–Kier alpha value is -2.92. The van der Waals surface area contributed by atoms with E-state index in [0.717, 1.165) is 24.5 Å². The van der Waals surface area contributed by atoms with E-state index in [1.54, 1.807) is 23.0 Å². The maximum Gasteiger partial charge on any atom is 0.417 e. The number of aromatic nitrogens is 5. The Kier molecular flexibility index (Phi) is 6.08. The van der Waals surface area contributed by atoms with E-state index in [2.05, 4.69) is 36.4 Å². The summed E-state index contributed by atoms with van der Waals surface area (Å²) in [6.45, 7) is 1.64. The number of hydrogen-bond acceptors (Lipinski definition) is 4. The number of pyridine rings is 1. The summed E-state index contributed by atoms with van der Waals surface area (Å²) in [5.41, 5.74) is 0.816. The summed E-state index contributed by atoms with van der Waals surface area (Å²) in [5.74, 6) is -0.183. The van der Waals surface area contributed by atoms with Crippen LogP contribution < -0.4 is 5.32 Å². The van der Waals surface area contributed by atoms with E-state index in [9.17, 15) is 18.0 Å². The molecule has 12 heteroatoms. The van der Waals surface area contributed by atoms with Gasteiger partial charge in [0, 0.05) is 22.8 Å². The molecule has 4 aromatic rings. The van der Waals surface area contributed by atoms with Gasteiger partial charge in [0.2, 0.25) is 5.91 Å². The molecule has 0 saturated heterocycles. The standard InChI is InChI=1S/C23H19BrClF3N6O/c1-12-20-16(23(26,27)28)8-18(14-4-5-14)29-22(20)34(31-12)11-19(35)30-21-17(24)10-33(32-21)9-13-2-6-15(25)7-3-13/h2-3,6-8,10,14H,4-5,9,11H2,1H3,(H,30,32,35). The number of aryl methyl sites for hydroxylation is 1. The molecule has 1 aromatic carbocycles. The molecule has 182 valence electrons. The van der Waals surface area contributed by atoms with Crippen LogP contribution in [-0.2, 0) is 24.1 Å². The number of hydrogen-bond donors (Lipinski definition) is 1. The van der Waals surface area contributed by atoms with Crippen molar-refractivity contribution in [3.8, 4) is 0 Å². The molecule has 1 amide bonds. The zero-order valence-electron chi connectivity index (χ0n) is 18.4. The Morgan fingerprint density at radius 1 is 1.23 bits per heavy atom. The van der Waals surface area contributed by atoms with Crippen LogP contribution in [0.15, 0.2) is 41.0 Å². The highest BCUT2D eigenvalue weighted by Crippen LogP contribution is 2.43. The number of fused-ring (bicyclic) bond motifs is 1. The van der Waals surface area contributed by atoms with Gasteiger partial charge in [-0.2, -0.15) is 23.4 Å². The van der Waals surface area contributed by atoms with Crippen LogP contribution in [0.1, 0.15) is 41.3 Å². The molecule has 5 rings (SSSR count). The third kappa shape index (κ3) is 5.06. The first kappa shape index (κ1) is 23.8. The average Bonchev–Trinajstić information content (AvgIpc) is 3.52. The first-order chi connectivity index (χ1) is 16.6. The zero-order chi connectivity index (χ0) is 24.9. The van der Waals surface area contributed by atoms with Crippen molar-refractivity contribution in [2.24, 2.45) is 0 Å². The van der Waals surface area contributed by atoms with Gasteiger partial charge in [0.1, 0.15) is 6.54 Å². The number of rotatable bonds is 6. The number of anilines is 1. The van der Waals surface area contributed by atoms with Crippen LogP contribution in [-0.4, -0.2) is 30.5 Å². The molecular weight excluding hydrogens is 549 g/mol. The van der Waals surface area contributed by atoms with E-state index in [4.69, 9.17) is 11.6 Å². The summed E-state index contributed by atoms with van der Waals surface area (Å²) in [7, 11) is 0. The van der Waals surface area contributed by atoms with Crippen LogP contribution in [0.5, 0.6) is 0 Å². The predicted molar refractivity (Wildman–Crippen MR) is 128 cm³/mol. The minimum absolute atomic E-state index is 0.0125. The van der Waals surface area contributed by atoms with Gasteiger partial charge in [-0.1, -0.05) is 23.7 Å². The van der Waals surface area contributed by atoms with E-state index < -0.39 is 17.6 Å². The lowest BCUT2D eigenvalue weighted by Gasteiger charge is -2.11. The van der Waals surface area contributed by atoms with Crippen LogP contribution in [0.25, 0.3) is 11.0 Å². The second-order valence-electron chi connectivity index (χ2n) is 8.51. The fourth-order valence-corrected chi connectivity index (χ4v) is 4.48. The van der Waals surface area contributed by atoms with E-state index in [1.165, 1.54) is 11.6 Å². The van der Waals surface area contributed by atoms with E-state index in [-0.39, 0.29) is 29.2 Å². The van der Waals surface area contributed by atoms with Gasteiger partial charge < -0.3 is 5.32 Å². The summed E-state index contributed by atoms with van der Waals surface area (Å²) in [6, 6.07) is 8.42. The smallest absolute Gasteiger partial charge is 0.307 e. The molecule has 1 fully saturated rings. The van der Waals surface area contributed by atoms with E-state index in [0.29, 0.717) is 27.6 Å². The Morgan fingerprint density at radius 2 is 1.94 bits per heavy atom. The van der Waals surface area contributed by atoms with Gasteiger partial charge in [0.15, 0.2) is 11.5 Å². The number of nitrogens with zero attached hydrogens (tertiary/aromatic N) is 5. The molecule has 0 bridgehead atoms. The molecule has 3 aromatic heterocycles. The highest BCUT2D eigenvalue weighted by atomic mass is 79.9. The molecule has 1 aliphatic carbocycles. The van der Waals surface area contributed by atoms with Crippen molar-refractivity contribution in [3.05, 3.63) is 68.5 Å². The Balaban J connectivity index is 1.38. The predicted octanol–water partition coefficient (Wildman–Crippen LogP) is 5.94. The van der Waals surface area contributed by atoms with Crippen LogP contribution in [0.4, 0.5) is 19.0 Å². The first-order valence-corrected chi connectivity index (χ1v) is 12.0. The maximum absolute atomic E-state index is 13.8. The number of halogens is 5. The lowest BCUT2D eigenvalue weighted by Crippen LogP contribution is -2.20. The number of carbonyl (C=O) groups is 1. The van der Waals surface area contributed by atoms with Gasteiger partial charge in [-0.05, 0) is 59.5 Å². The topological polar surface area (TPSA) is 77.6 Å². The van der Waals surface area contributed by atoms with Gasteiger partial charge in [-0.25, -0.2) is 9.67 Å². The molecule has 3 heterocycles. The summed E-state index contributed by atoms with van der Waals surface area (Å²) in [4.78, 5) is 17.2. The van der Waals surface area contributed by atoms with Crippen molar-refractivity contribution in [1.82, 2.24) is 24.5 Å². The quantitative estimate of drug-likeness (QED) is 0.313. The summed E-state index contributed by atoms with van der Waals surface area (Å²) < 4.78 is 44.8. The fraction of sp³-hybridized carbons (Fsp3) is 0.304. The van der Waals surface area contributed by atoms with E-state index >= 15 is 0 Å². The van der Waals surface area contributed by atoms with Crippen LogP contribution in [0.3, 0.4) is 0 Å². The monoisotopic (exact) mass is 566 g/mol. The molecule has 35 heavy (non-hydrogen) atoms. The molecule has 1 aliphatic rings. The first-order valence-electron chi connectivity index (χ1n) is 10.8. The normalized spacial score (nSPS) is 14.0. The lowest BCUT2D eigenvalue weighted by atomic mass is 10.1. The molecule has 0 atom stereocenters. The second-order valence-corrected chi connectivity index (χ2v) is 9.80. The minimum atomic E-state index is -4.55. The van der Waals surface area contributed by atoms with Gasteiger partial charge in [-0.15, -0.1) is 0 Å². The molecule has 1 saturated carbocycles. The summed E-state index contributed by atoms with van der Waals surface area (Å²) in [5, 5.41) is 11.8. The van der Waals surface area contributed by atoms with Crippen molar-refractivity contribution in [3.63, 3.8) is 0 Å². The molecule has 0 unspecified atom stereocenters. The van der Waals surface area contributed by atoms with Gasteiger partial charge >= 0.3 is 6.18 Å². The highest BCUT2D eigenvalue weighted by molar-refractivity contribution is 9.10. The Morgan fingerprint density at radius 3 is 2.60 bits per heavy atom. The third-order valence-electron chi connectivity index (χ3n) is 5.72. The third-order valence-corrected chi connectivity index (χ3v) is 6.56. The zero-order valence-corrected chi connectivity index (χ0v) is 20.7. The fourth-order valence-electron chi connectivity index (χ4n) is 3.94. The molecule has 7 nitrogen and oxygen atoms in total. The van der Waals surface area contributed by atoms with Gasteiger partial charge in [0.05, 0.1) is 27.7 Å². The van der Waals surface area contributed by atoms with Gasteiger partial charge in [-0.3, -0.25) is 9.48 Å². The van der Waals surface area contributed by atoms with Crippen molar-refractivity contribution >= 4 is 50.3 Å². The van der Waals surface area contributed by atoms with Crippen LogP contribution in [0.2, 0.25) is 5.02 Å². The van der Waals surface area contributed by atoms with Crippen LogP contribution >= 0.6 is 27.5 Å². The van der Waals surface area contributed by atoms with E-state index in [1.807, 2.05) is 12.1 Å². The number of nitrogens with one attached hydrogen (secondary N) is 1.